The van der Waals surface area contributed by atoms with E-state index < -0.39 is 21.9 Å². The number of halogens is 1. The van der Waals surface area contributed by atoms with Gasteiger partial charge in [-0.3, -0.25) is 4.79 Å². The molecule has 1 aliphatic rings. The Morgan fingerprint density at radius 2 is 2.20 bits per heavy atom. The van der Waals surface area contributed by atoms with E-state index in [2.05, 4.69) is 0 Å². The molecule has 0 aliphatic carbocycles. The smallest absolute Gasteiger partial charge is 0.302 e. The average Bonchev–Trinajstić information content (AvgIpc) is 2.67. The molecule has 0 spiro atoms. The highest BCUT2D eigenvalue weighted by Crippen LogP contribution is 2.33. The zero-order valence-corrected chi connectivity index (χ0v) is 11.6. The highest BCUT2D eigenvalue weighted by molar-refractivity contribution is 7.86. The fraction of sp³-hybridized carbons (Fsp3) is 0.417. The SMILES string of the molecule is COc1ccc(N2CC(CS(=O)(=O)F)CC2=O)cc1O. The molecule has 0 bridgehead atoms. The number of carbonyl (C=O) groups excluding carboxylic acids is 1. The lowest BCUT2D eigenvalue weighted by molar-refractivity contribution is -0.117. The first-order valence-corrected chi connectivity index (χ1v) is 7.45. The summed E-state index contributed by atoms with van der Waals surface area (Å²) in [6.07, 6.45) is -0.0318. The maximum atomic E-state index is 12.6. The summed E-state index contributed by atoms with van der Waals surface area (Å²) in [5, 5.41) is 9.67. The van der Waals surface area contributed by atoms with Crippen LogP contribution >= 0.6 is 0 Å². The Bertz CT molecular complexity index is 631. The van der Waals surface area contributed by atoms with Crippen LogP contribution in [0.25, 0.3) is 0 Å². The van der Waals surface area contributed by atoms with Crippen molar-refractivity contribution in [3.63, 3.8) is 0 Å². The Morgan fingerprint density at radius 1 is 1.50 bits per heavy atom. The molecule has 2 rings (SSSR count). The number of amides is 1. The second-order valence-corrected chi connectivity index (χ2v) is 6.05. The van der Waals surface area contributed by atoms with Gasteiger partial charge in [0.05, 0.1) is 12.9 Å². The third-order valence-corrected chi connectivity index (χ3v) is 3.98. The summed E-state index contributed by atoms with van der Waals surface area (Å²) in [6.45, 7) is 0.105. The van der Waals surface area contributed by atoms with Gasteiger partial charge in [0.2, 0.25) is 5.91 Å². The Kier molecular flexibility index (Phi) is 3.85. The van der Waals surface area contributed by atoms with Crippen molar-refractivity contribution in [3.05, 3.63) is 18.2 Å². The van der Waals surface area contributed by atoms with Gasteiger partial charge in [-0.1, -0.05) is 0 Å². The lowest BCUT2D eigenvalue weighted by Crippen LogP contribution is -2.25. The first-order valence-electron chi connectivity index (χ1n) is 5.90. The number of hydrogen-bond donors (Lipinski definition) is 1. The number of aromatic hydroxyl groups is 1. The maximum Gasteiger partial charge on any atom is 0.302 e. The van der Waals surface area contributed by atoms with Gasteiger partial charge in [0.25, 0.3) is 0 Å². The van der Waals surface area contributed by atoms with E-state index in [4.69, 9.17) is 4.74 Å². The number of carbonyl (C=O) groups is 1. The van der Waals surface area contributed by atoms with E-state index in [-0.39, 0.29) is 30.4 Å². The van der Waals surface area contributed by atoms with Crippen LogP contribution in [0.5, 0.6) is 11.5 Å². The minimum atomic E-state index is -4.60. The average molecular weight is 303 g/mol. The molecule has 110 valence electrons. The maximum absolute atomic E-state index is 12.6. The van der Waals surface area contributed by atoms with Crippen molar-refractivity contribution in [3.8, 4) is 11.5 Å². The van der Waals surface area contributed by atoms with Crippen LogP contribution in [0.1, 0.15) is 6.42 Å². The third kappa shape index (κ3) is 3.19. The van der Waals surface area contributed by atoms with Crippen molar-refractivity contribution < 1.29 is 26.9 Å². The number of methoxy groups -OCH3 is 1. The molecule has 0 radical (unpaired) electrons. The van der Waals surface area contributed by atoms with Crippen molar-refractivity contribution in [2.75, 3.05) is 24.3 Å². The van der Waals surface area contributed by atoms with Gasteiger partial charge in [0.15, 0.2) is 11.5 Å². The number of anilines is 1. The number of phenols is 1. The molecule has 1 aromatic rings. The minimum Gasteiger partial charge on any atom is -0.504 e. The van der Waals surface area contributed by atoms with Crippen LogP contribution in [0.4, 0.5) is 9.57 Å². The zero-order chi connectivity index (χ0) is 14.9. The fourth-order valence-corrected chi connectivity index (χ4v) is 3.06. The van der Waals surface area contributed by atoms with Gasteiger partial charge in [-0.25, -0.2) is 0 Å². The van der Waals surface area contributed by atoms with E-state index in [0.29, 0.717) is 5.69 Å². The molecule has 1 fully saturated rings. The van der Waals surface area contributed by atoms with E-state index in [9.17, 15) is 22.2 Å². The summed E-state index contributed by atoms with van der Waals surface area (Å²) in [6, 6.07) is 4.42. The van der Waals surface area contributed by atoms with Gasteiger partial charge in [-0.15, -0.1) is 3.89 Å². The van der Waals surface area contributed by atoms with Crippen molar-refractivity contribution in [1.29, 1.82) is 0 Å². The first kappa shape index (κ1) is 14.6. The molecule has 1 atom stereocenters. The highest BCUT2D eigenvalue weighted by Gasteiger charge is 2.33. The molecule has 1 saturated heterocycles. The van der Waals surface area contributed by atoms with Gasteiger partial charge >= 0.3 is 10.2 Å². The van der Waals surface area contributed by atoms with E-state index in [1.165, 1.54) is 24.1 Å². The Balaban J connectivity index is 2.18. The molecule has 1 heterocycles. The Labute approximate surface area is 116 Å². The summed E-state index contributed by atoms with van der Waals surface area (Å²) >= 11 is 0. The molecule has 20 heavy (non-hydrogen) atoms. The molecular weight excluding hydrogens is 289 g/mol. The second kappa shape index (κ2) is 5.28. The molecule has 1 unspecified atom stereocenters. The minimum absolute atomic E-state index is 0.0318. The standard InChI is InChI=1S/C12H14FNO5S/c1-19-11-3-2-9(5-10(11)15)14-6-8(4-12(14)16)7-20(13,17)18/h2-3,5,8,15H,4,6-7H2,1H3. The van der Waals surface area contributed by atoms with Gasteiger partial charge < -0.3 is 14.7 Å². The molecule has 1 aromatic carbocycles. The monoisotopic (exact) mass is 303 g/mol. The number of ether oxygens (including phenoxy) is 1. The largest absolute Gasteiger partial charge is 0.504 e. The summed E-state index contributed by atoms with van der Waals surface area (Å²) in [5.74, 6) is -1.41. The lowest BCUT2D eigenvalue weighted by atomic mass is 10.1. The molecule has 0 aromatic heterocycles. The molecule has 1 amide bonds. The van der Waals surface area contributed by atoms with E-state index in [0.717, 1.165) is 0 Å². The number of rotatable bonds is 4. The van der Waals surface area contributed by atoms with Crippen LogP contribution in [0.2, 0.25) is 0 Å². The van der Waals surface area contributed by atoms with Crippen molar-refractivity contribution in [2.24, 2.45) is 5.92 Å². The third-order valence-electron chi connectivity index (χ3n) is 3.11. The van der Waals surface area contributed by atoms with Crippen LogP contribution in [-0.2, 0) is 15.0 Å². The number of hydrogen-bond acceptors (Lipinski definition) is 5. The van der Waals surface area contributed by atoms with E-state index >= 15 is 0 Å². The van der Waals surface area contributed by atoms with E-state index in [1.807, 2.05) is 0 Å². The van der Waals surface area contributed by atoms with Crippen molar-refractivity contribution >= 4 is 21.8 Å². The van der Waals surface area contributed by atoms with Crippen LogP contribution in [0, 0.1) is 5.92 Å². The summed E-state index contributed by atoms with van der Waals surface area (Å²) < 4.78 is 38.8. The molecule has 0 saturated carbocycles. The van der Waals surface area contributed by atoms with Crippen molar-refractivity contribution in [2.45, 2.75) is 6.42 Å². The van der Waals surface area contributed by atoms with Crippen molar-refractivity contribution in [1.82, 2.24) is 0 Å². The quantitative estimate of drug-likeness (QED) is 0.841. The second-order valence-electron chi connectivity index (χ2n) is 4.64. The molecule has 6 nitrogen and oxygen atoms in total. The number of benzene rings is 1. The predicted octanol–water partition coefficient (Wildman–Crippen LogP) is 1.05. The van der Waals surface area contributed by atoms with Gasteiger partial charge in [-0.2, -0.15) is 8.42 Å². The summed E-state index contributed by atoms with van der Waals surface area (Å²) in [5.41, 5.74) is 0.423. The summed E-state index contributed by atoms with van der Waals surface area (Å²) in [7, 11) is -3.20. The number of phenolic OH excluding ortho intramolecular Hbond substituents is 1. The summed E-state index contributed by atoms with van der Waals surface area (Å²) in [4.78, 5) is 13.2. The normalized spacial score (nSPS) is 19.4. The number of nitrogens with zero attached hydrogens (tertiary/aromatic N) is 1. The fourth-order valence-electron chi connectivity index (χ4n) is 2.27. The predicted molar refractivity (Wildman–Crippen MR) is 70.0 cm³/mol. The Hall–Kier alpha value is -1.83. The van der Waals surface area contributed by atoms with Gasteiger partial charge in [0, 0.05) is 30.6 Å². The highest BCUT2D eigenvalue weighted by atomic mass is 32.3. The van der Waals surface area contributed by atoms with Gasteiger partial charge in [-0.05, 0) is 12.1 Å². The molecule has 8 heteroatoms. The van der Waals surface area contributed by atoms with Crippen LogP contribution in [-0.4, -0.2) is 38.8 Å². The van der Waals surface area contributed by atoms with Crippen LogP contribution < -0.4 is 9.64 Å². The molecule has 1 aliphatic heterocycles. The van der Waals surface area contributed by atoms with Gasteiger partial charge in [0.1, 0.15) is 0 Å². The van der Waals surface area contributed by atoms with E-state index in [1.54, 1.807) is 6.07 Å². The van der Waals surface area contributed by atoms with Crippen LogP contribution in [0.15, 0.2) is 18.2 Å². The molecule has 1 N–H and O–H groups in total. The lowest BCUT2D eigenvalue weighted by Gasteiger charge is -2.17. The topological polar surface area (TPSA) is 83.9 Å². The Morgan fingerprint density at radius 3 is 2.75 bits per heavy atom. The molecular formula is C12H14FNO5S. The zero-order valence-electron chi connectivity index (χ0n) is 10.7. The first-order chi connectivity index (χ1) is 9.30. The van der Waals surface area contributed by atoms with Crippen LogP contribution in [0.3, 0.4) is 0 Å².